The van der Waals surface area contributed by atoms with Crippen molar-refractivity contribution in [2.75, 3.05) is 19.7 Å². The van der Waals surface area contributed by atoms with Crippen molar-refractivity contribution in [2.24, 2.45) is 0 Å². The molecule has 1 saturated heterocycles. The van der Waals surface area contributed by atoms with Crippen LogP contribution in [0.15, 0.2) is 12.7 Å². The normalized spacial score (nSPS) is 20.5. The Morgan fingerprint density at radius 3 is 3.00 bits per heavy atom. The van der Waals surface area contributed by atoms with Crippen molar-refractivity contribution < 1.29 is 9.53 Å². The number of urea groups is 1. The molecule has 1 fully saturated rings. The largest absolute Gasteiger partial charge is 0.371 e. The summed E-state index contributed by atoms with van der Waals surface area (Å²) >= 11 is 0. The summed E-state index contributed by atoms with van der Waals surface area (Å²) in [5, 5.41) is 5.25. The fourth-order valence-corrected chi connectivity index (χ4v) is 0.620. The maximum absolute atomic E-state index is 10.8. The lowest BCUT2D eigenvalue weighted by Crippen LogP contribution is -2.37. The van der Waals surface area contributed by atoms with E-state index in [0.29, 0.717) is 13.1 Å². The molecule has 1 aliphatic rings. The van der Waals surface area contributed by atoms with Gasteiger partial charge in [0.2, 0.25) is 0 Å². The number of carbonyl (C=O) groups is 1. The van der Waals surface area contributed by atoms with E-state index >= 15 is 0 Å². The van der Waals surface area contributed by atoms with Crippen molar-refractivity contribution in [2.45, 2.75) is 6.10 Å². The van der Waals surface area contributed by atoms with E-state index < -0.39 is 0 Å². The maximum atomic E-state index is 10.8. The molecular weight excluding hydrogens is 144 g/mol. The third-order valence-electron chi connectivity index (χ3n) is 1.30. The van der Waals surface area contributed by atoms with Crippen LogP contribution in [-0.2, 0) is 4.74 Å². The van der Waals surface area contributed by atoms with Gasteiger partial charge in [-0.3, -0.25) is 0 Å². The fraction of sp³-hybridized carbons (Fsp3) is 0.571. The number of rotatable bonds is 4. The van der Waals surface area contributed by atoms with Gasteiger partial charge in [-0.2, -0.15) is 0 Å². The van der Waals surface area contributed by atoms with E-state index in [2.05, 4.69) is 17.2 Å². The van der Waals surface area contributed by atoms with E-state index in [-0.39, 0.29) is 12.1 Å². The molecule has 0 aromatic rings. The van der Waals surface area contributed by atoms with Crippen molar-refractivity contribution in [3.63, 3.8) is 0 Å². The minimum absolute atomic E-state index is 0.166. The van der Waals surface area contributed by atoms with E-state index in [1.165, 1.54) is 0 Å². The van der Waals surface area contributed by atoms with E-state index in [1.807, 2.05) is 0 Å². The summed E-state index contributed by atoms with van der Waals surface area (Å²) in [5.74, 6) is 0. The van der Waals surface area contributed by atoms with Crippen LogP contribution in [0.25, 0.3) is 0 Å². The van der Waals surface area contributed by atoms with E-state index in [1.54, 1.807) is 6.08 Å². The fourth-order valence-electron chi connectivity index (χ4n) is 0.620. The van der Waals surface area contributed by atoms with Crippen LogP contribution in [-0.4, -0.2) is 31.8 Å². The number of carbonyl (C=O) groups excluding carboxylic acids is 1. The zero-order chi connectivity index (χ0) is 8.10. The molecule has 0 aliphatic carbocycles. The number of amides is 2. The summed E-state index contributed by atoms with van der Waals surface area (Å²) in [7, 11) is 0. The number of ether oxygens (including phenoxy) is 1. The molecule has 0 aromatic heterocycles. The average Bonchev–Trinajstić information content (AvgIpc) is 2.80. The first-order valence-corrected chi connectivity index (χ1v) is 3.57. The van der Waals surface area contributed by atoms with Crippen molar-refractivity contribution in [3.8, 4) is 0 Å². The van der Waals surface area contributed by atoms with Gasteiger partial charge in [0.05, 0.1) is 12.7 Å². The van der Waals surface area contributed by atoms with Crippen LogP contribution < -0.4 is 10.6 Å². The van der Waals surface area contributed by atoms with Crippen LogP contribution in [0.1, 0.15) is 0 Å². The first-order chi connectivity index (χ1) is 5.33. The highest BCUT2D eigenvalue weighted by molar-refractivity contribution is 5.73. The molecule has 1 rings (SSSR count). The van der Waals surface area contributed by atoms with Gasteiger partial charge >= 0.3 is 6.03 Å². The molecule has 4 heteroatoms. The Kier molecular flexibility index (Phi) is 2.92. The second kappa shape index (κ2) is 3.98. The molecule has 1 unspecified atom stereocenters. The van der Waals surface area contributed by atoms with Gasteiger partial charge in [-0.1, -0.05) is 6.08 Å². The molecular formula is C7H12N2O2. The van der Waals surface area contributed by atoms with Crippen LogP contribution in [0.4, 0.5) is 4.79 Å². The zero-order valence-corrected chi connectivity index (χ0v) is 6.30. The van der Waals surface area contributed by atoms with Gasteiger partial charge in [0, 0.05) is 13.1 Å². The Labute approximate surface area is 65.6 Å². The molecule has 0 bridgehead atoms. The molecule has 0 aromatic carbocycles. The van der Waals surface area contributed by atoms with Crippen LogP contribution >= 0.6 is 0 Å². The second-order valence-corrected chi connectivity index (χ2v) is 2.33. The second-order valence-electron chi connectivity index (χ2n) is 2.33. The van der Waals surface area contributed by atoms with Gasteiger partial charge < -0.3 is 15.4 Å². The van der Waals surface area contributed by atoms with E-state index in [9.17, 15) is 4.79 Å². The summed E-state index contributed by atoms with van der Waals surface area (Å²) in [6.07, 6.45) is 1.87. The number of hydrogen-bond donors (Lipinski definition) is 2. The standard InChI is InChI=1S/C7H12N2O2/c1-2-3-8-7(10)9-4-6-5-11-6/h2,6H,1,3-5H2,(H2,8,9,10). The monoisotopic (exact) mass is 156 g/mol. The lowest BCUT2D eigenvalue weighted by Gasteiger charge is -2.02. The van der Waals surface area contributed by atoms with Crippen LogP contribution in [0.3, 0.4) is 0 Å². The van der Waals surface area contributed by atoms with Crippen molar-refractivity contribution in [3.05, 3.63) is 12.7 Å². The maximum Gasteiger partial charge on any atom is 0.315 e. The number of nitrogens with one attached hydrogen (secondary N) is 2. The molecule has 0 spiro atoms. The zero-order valence-electron chi connectivity index (χ0n) is 6.30. The van der Waals surface area contributed by atoms with Crippen molar-refractivity contribution >= 4 is 6.03 Å². The molecule has 1 atom stereocenters. The minimum atomic E-state index is -0.166. The van der Waals surface area contributed by atoms with Gasteiger partial charge in [0.25, 0.3) is 0 Å². The molecule has 62 valence electrons. The van der Waals surface area contributed by atoms with Crippen LogP contribution in [0.5, 0.6) is 0 Å². The summed E-state index contributed by atoms with van der Waals surface area (Å²) in [6, 6.07) is -0.166. The molecule has 0 radical (unpaired) electrons. The Balaban J connectivity index is 1.95. The van der Waals surface area contributed by atoms with Crippen LogP contribution in [0, 0.1) is 0 Å². The molecule has 2 N–H and O–H groups in total. The summed E-state index contributed by atoms with van der Waals surface area (Å²) in [4.78, 5) is 10.8. The van der Waals surface area contributed by atoms with Gasteiger partial charge in [-0.05, 0) is 0 Å². The minimum Gasteiger partial charge on any atom is -0.371 e. The third-order valence-corrected chi connectivity index (χ3v) is 1.30. The Morgan fingerprint density at radius 1 is 1.73 bits per heavy atom. The summed E-state index contributed by atoms with van der Waals surface area (Å²) in [5.41, 5.74) is 0. The van der Waals surface area contributed by atoms with E-state index in [0.717, 1.165) is 6.61 Å². The Bertz CT molecular complexity index is 155. The Hall–Kier alpha value is -1.03. The van der Waals surface area contributed by atoms with Gasteiger partial charge in [-0.15, -0.1) is 6.58 Å². The quantitative estimate of drug-likeness (QED) is 0.440. The highest BCUT2D eigenvalue weighted by Crippen LogP contribution is 2.05. The Morgan fingerprint density at radius 2 is 2.45 bits per heavy atom. The first-order valence-electron chi connectivity index (χ1n) is 3.57. The molecule has 1 heterocycles. The smallest absolute Gasteiger partial charge is 0.315 e. The highest BCUT2D eigenvalue weighted by atomic mass is 16.6. The van der Waals surface area contributed by atoms with E-state index in [4.69, 9.17) is 4.74 Å². The molecule has 11 heavy (non-hydrogen) atoms. The first kappa shape index (κ1) is 8.07. The van der Waals surface area contributed by atoms with Gasteiger partial charge in [-0.25, -0.2) is 4.79 Å². The average molecular weight is 156 g/mol. The number of epoxide rings is 1. The molecule has 2 amide bonds. The summed E-state index contributed by atoms with van der Waals surface area (Å²) < 4.78 is 4.90. The van der Waals surface area contributed by atoms with Gasteiger partial charge in [0.15, 0.2) is 0 Å². The van der Waals surface area contributed by atoms with Gasteiger partial charge in [0.1, 0.15) is 0 Å². The SMILES string of the molecule is C=CCNC(=O)NCC1CO1. The molecule has 4 nitrogen and oxygen atoms in total. The van der Waals surface area contributed by atoms with Crippen molar-refractivity contribution in [1.82, 2.24) is 10.6 Å². The predicted octanol–water partition coefficient (Wildman–Crippen LogP) is -0.130. The topological polar surface area (TPSA) is 53.7 Å². The molecule has 1 aliphatic heterocycles. The van der Waals surface area contributed by atoms with Crippen LogP contribution in [0.2, 0.25) is 0 Å². The third kappa shape index (κ3) is 3.62. The van der Waals surface area contributed by atoms with Crippen molar-refractivity contribution in [1.29, 1.82) is 0 Å². The number of hydrogen-bond acceptors (Lipinski definition) is 2. The summed E-state index contributed by atoms with van der Waals surface area (Å²) in [6.45, 7) is 5.34. The lowest BCUT2D eigenvalue weighted by molar-refractivity contribution is 0.240. The predicted molar refractivity (Wildman–Crippen MR) is 41.3 cm³/mol. The highest BCUT2D eigenvalue weighted by Gasteiger charge is 2.22. The lowest BCUT2D eigenvalue weighted by atomic mass is 10.5. The molecule has 0 saturated carbocycles.